The Morgan fingerprint density at radius 2 is 0.695 bits per heavy atom. The number of ether oxygens (including phenoxy) is 1. The van der Waals surface area contributed by atoms with Crippen molar-refractivity contribution in [1.82, 2.24) is 90.7 Å². The highest BCUT2D eigenvalue weighted by molar-refractivity contribution is 5.61. The Morgan fingerprint density at radius 3 is 1.09 bits per heavy atom. The largest absolute Gasteiger partial charge is 0.495 e. The molecule has 11 aliphatic heterocycles. The minimum Gasteiger partial charge on any atom is -0.495 e. The second kappa shape index (κ2) is 51.8. The maximum Gasteiger partial charge on any atom is 0.141 e. The van der Waals surface area contributed by atoms with E-state index in [1.807, 2.05) is 49.2 Å². The van der Waals surface area contributed by atoms with E-state index >= 15 is 0 Å². The molecule has 0 amide bonds. The number of likely N-dealkylation sites (N-methyl/N-ethyl adjacent to an activating group) is 3. The highest BCUT2D eigenvalue weighted by Gasteiger charge is 2.38. The van der Waals surface area contributed by atoms with Gasteiger partial charge in [-0.3, -0.25) is 64.1 Å². The number of hydrogen-bond donors (Lipinski definition) is 5. The average Bonchev–Trinajstić information content (AvgIpc) is 1.67. The lowest BCUT2D eigenvalue weighted by atomic mass is 9.92. The summed E-state index contributed by atoms with van der Waals surface area (Å²) in [6, 6.07) is 64.3. The second-order valence-electron chi connectivity index (χ2n) is 42.9. The molecule has 5 aromatic heterocycles. The van der Waals surface area contributed by atoms with Gasteiger partial charge in [-0.2, -0.15) is 0 Å². The normalized spacial score (nSPS) is 21.5. The van der Waals surface area contributed by atoms with E-state index in [2.05, 4.69) is 314 Å². The predicted octanol–water partition coefficient (Wildman–Crippen LogP) is 16.4. The molecule has 6 saturated heterocycles. The Balaban J connectivity index is 0.000000122. The predicted molar refractivity (Wildman–Crippen MR) is 580 cm³/mol. The van der Waals surface area contributed by atoms with Gasteiger partial charge in [-0.15, -0.1) is 0 Å². The molecule has 754 valence electrons. The van der Waals surface area contributed by atoms with Gasteiger partial charge in [-0.25, -0.2) is 0 Å². The van der Waals surface area contributed by atoms with Gasteiger partial charge in [0.25, 0.3) is 0 Å². The molecule has 22 nitrogen and oxygen atoms in total. The Bertz CT molecular complexity index is 5360. The fraction of sp³-hybridized carbons (Fsp3) is 0.538. The smallest absolute Gasteiger partial charge is 0.141 e. The van der Waals surface area contributed by atoms with E-state index in [9.17, 15) is 0 Å². The van der Waals surface area contributed by atoms with Crippen molar-refractivity contribution in [3.05, 3.63) is 301 Å². The van der Waals surface area contributed by atoms with E-state index in [-0.39, 0.29) is 0 Å². The Hall–Kier alpha value is -9.47. The zero-order valence-corrected chi connectivity index (χ0v) is 87.2. The first-order chi connectivity index (χ1) is 69.0. The van der Waals surface area contributed by atoms with Crippen LogP contribution in [0.2, 0.25) is 0 Å². The van der Waals surface area contributed by atoms with Crippen LogP contribution in [0.25, 0.3) is 0 Å². The molecule has 16 heterocycles. The average molecular weight is 1910 g/mol. The number of nitrogens with one attached hydrogen (secondary N) is 5. The number of fused-ring (bicyclic) bond motifs is 8. The van der Waals surface area contributed by atoms with Crippen LogP contribution >= 0.6 is 0 Å². The van der Waals surface area contributed by atoms with Gasteiger partial charge in [0.05, 0.1) is 35.6 Å². The molecule has 0 aliphatic carbocycles. The number of benzene rings is 5. The van der Waals surface area contributed by atoms with E-state index in [1.165, 1.54) is 245 Å². The molecule has 2 unspecified atom stereocenters. The van der Waals surface area contributed by atoms with Crippen molar-refractivity contribution in [3.63, 3.8) is 0 Å². The summed E-state index contributed by atoms with van der Waals surface area (Å²) in [7, 11) is 8.37. The van der Waals surface area contributed by atoms with Crippen LogP contribution in [0.15, 0.2) is 195 Å². The number of unbranched alkanes of at least 4 members (excludes halogenated alkanes) is 4. The zero-order valence-electron chi connectivity index (χ0n) is 87.2. The maximum atomic E-state index is 5.50. The minimum absolute atomic E-state index is 0.487. The summed E-state index contributed by atoms with van der Waals surface area (Å²) in [6.07, 6.45) is 31.1. The summed E-state index contributed by atoms with van der Waals surface area (Å²) in [5.74, 6) is 0.884. The van der Waals surface area contributed by atoms with Crippen LogP contribution < -0.4 is 46.0 Å². The van der Waals surface area contributed by atoms with Crippen LogP contribution in [-0.4, -0.2) is 265 Å². The van der Waals surface area contributed by atoms with Gasteiger partial charge in [-0.05, 0) is 298 Å². The third kappa shape index (κ3) is 29.0. The molecule has 0 radical (unpaired) electrons. The van der Waals surface area contributed by atoms with Gasteiger partial charge in [-0.1, -0.05) is 149 Å². The summed E-state index contributed by atoms with van der Waals surface area (Å²) in [4.78, 5) is 51.4. The Labute approximate surface area is 846 Å². The molecule has 22 heteroatoms. The molecule has 10 aromatic rings. The van der Waals surface area contributed by atoms with E-state index in [0.29, 0.717) is 30.2 Å². The molecule has 8 atom stereocenters. The molecule has 0 spiro atoms. The lowest BCUT2D eigenvalue weighted by molar-refractivity contribution is 0.219. The number of piperazine rings is 3. The highest BCUT2D eigenvalue weighted by Crippen LogP contribution is 2.38. The first kappa shape index (κ1) is 103. The molecule has 0 bridgehead atoms. The van der Waals surface area contributed by atoms with Crippen molar-refractivity contribution < 1.29 is 4.74 Å². The molecule has 6 fully saturated rings. The molecule has 0 saturated carbocycles. The van der Waals surface area contributed by atoms with Crippen molar-refractivity contribution in [2.45, 2.75) is 264 Å². The summed E-state index contributed by atoms with van der Waals surface area (Å²) >= 11 is 0. The standard InChI is InChI=1S/3C25H35N5.C22H31N3O.C22H31N3/c1-19-6-4-10-26-24(19)18-28(2)16-21-14-23-20(15-27-21)7-3-9-25(23)30-13-12-29-11-5-8-22(29)17-30;2*1-19-8-9-21(26-14-19)16-28(2)17-22-13-24-20(15-27-22)5-3-7-25(24)30-12-11-29-10-4-6-23(29)18-30;1-3-4-7-13-25(17-21-22(26-2)11-8-12-23-21)16-20-14-18-9-5-6-10-19(18)15-24-20;1-3-4-7-12-25(16-21-11-10-18(2)14-23-21)17-22-13-19-8-5-6-9-20(19)15-24-22/h3-4,6-7,9-10,21-22,27H,5,8,11-18H2,1-2H3;2*3,5,7-9,14,22-23,27H,4,6,10-13,15-18H2,1-2H3;5-6,8-12,20,24H,3-4,7,13-17H2,1-2H3;5-6,8-11,14,22,24H,3-4,7,12-13,15-17H2,1-2H3/t21-,22?;22-,23?;22-,23-;20-;22-/m11111/s1. The number of aryl methyl sites for hydroxylation is 4. The van der Waals surface area contributed by atoms with Gasteiger partial charge in [0.2, 0.25) is 0 Å². The van der Waals surface area contributed by atoms with Gasteiger partial charge in [0.1, 0.15) is 5.75 Å². The second-order valence-corrected chi connectivity index (χ2v) is 42.9. The number of anilines is 3. The van der Waals surface area contributed by atoms with Crippen LogP contribution in [-0.2, 0) is 97.6 Å². The maximum absolute atomic E-state index is 5.50. The monoisotopic (exact) mass is 1910 g/mol. The number of aromatic nitrogens is 5. The van der Waals surface area contributed by atoms with E-state index in [0.717, 1.165) is 184 Å². The van der Waals surface area contributed by atoms with Crippen LogP contribution in [0.3, 0.4) is 0 Å². The molecule has 21 rings (SSSR count). The fourth-order valence-electron chi connectivity index (χ4n) is 24.0. The summed E-state index contributed by atoms with van der Waals surface area (Å²) in [6.45, 7) is 44.6. The Kier molecular flexibility index (Phi) is 37.9. The topological polar surface area (TPSA) is 169 Å². The van der Waals surface area contributed by atoms with Crippen LogP contribution in [0.4, 0.5) is 17.1 Å². The number of rotatable bonds is 32. The SMILES string of the molecule is CCCCCN(Cc1ccc(C)cn1)C[C@H]1Cc2ccccc2CN1.CCCCCN(Cc1ncccc1OC)C[C@H]1Cc2ccccc2CN1.Cc1ccc(CN(C)C[C@H]2Cc3c(cccc3N3CCN4CCCC4C3)CN2)nc1.Cc1ccc(CN(C)C[C@H]2Cc3c(cccc3N3CCN4CCC[C@@H]4C3)CN2)nc1.Cc1cccnc1CN(C)C[C@H]1Cc2c(cccc2N2CCN3CCCC3C2)CN1. The minimum atomic E-state index is 0.487. The van der Waals surface area contributed by atoms with Crippen LogP contribution in [0.1, 0.15) is 197 Å². The molecule has 5 aromatic carbocycles. The lowest BCUT2D eigenvalue weighted by Crippen LogP contribution is -2.51. The number of nitrogens with zero attached hydrogens (tertiary/aromatic N) is 16. The van der Waals surface area contributed by atoms with Crippen molar-refractivity contribution in [2.24, 2.45) is 0 Å². The van der Waals surface area contributed by atoms with Crippen molar-refractivity contribution >= 4 is 17.1 Å². The molecule has 141 heavy (non-hydrogen) atoms. The van der Waals surface area contributed by atoms with Gasteiger partial charge in [0.15, 0.2) is 0 Å². The van der Waals surface area contributed by atoms with Crippen LogP contribution in [0, 0.1) is 27.7 Å². The summed E-state index contributed by atoms with van der Waals surface area (Å²) < 4.78 is 5.50. The molecular weight excluding hydrogens is 1740 g/mol. The number of methoxy groups -OCH3 is 1. The van der Waals surface area contributed by atoms with Crippen molar-refractivity contribution in [3.8, 4) is 5.75 Å². The highest BCUT2D eigenvalue weighted by atomic mass is 16.5. The first-order valence-corrected chi connectivity index (χ1v) is 54.3. The number of hydrogen-bond acceptors (Lipinski definition) is 22. The van der Waals surface area contributed by atoms with Gasteiger partial charge >= 0.3 is 0 Å². The Morgan fingerprint density at radius 1 is 0.333 bits per heavy atom. The summed E-state index contributed by atoms with van der Waals surface area (Å²) in [5, 5.41) is 18.8. The van der Waals surface area contributed by atoms with Crippen molar-refractivity contribution in [1.29, 1.82) is 0 Å². The molecular formula is C119H167N21O. The fourth-order valence-corrected chi connectivity index (χ4v) is 24.0. The quantitative estimate of drug-likeness (QED) is 0.0252. The van der Waals surface area contributed by atoms with Gasteiger partial charge in [0, 0.05) is 253 Å². The third-order valence-electron chi connectivity index (χ3n) is 31.8. The van der Waals surface area contributed by atoms with E-state index in [1.54, 1.807) is 23.8 Å². The first-order valence-electron chi connectivity index (χ1n) is 54.3. The van der Waals surface area contributed by atoms with Crippen LogP contribution in [0.5, 0.6) is 5.75 Å². The van der Waals surface area contributed by atoms with E-state index < -0.39 is 0 Å². The number of pyridine rings is 5. The molecule has 5 N–H and O–H groups in total. The lowest BCUT2D eigenvalue weighted by Gasteiger charge is -2.41. The van der Waals surface area contributed by atoms with Crippen molar-refractivity contribution in [2.75, 3.05) is 167 Å². The van der Waals surface area contributed by atoms with E-state index in [4.69, 9.17) is 4.74 Å². The molecule has 11 aliphatic rings. The summed E-state index contributed by atoms with van der Waals surface area (Å²) in [5.41, 5.74) is 30.2. The third-order valence-corrected chi connectivity index (χ3v) is 31.8. The van der Waals surface area contributed by atoms with Gasteiger partial charge < -0.3 is 46.0 Å². The zero-order chi connectivity index (χ0) is 97.2.